The lowest BCUT2D eigenvalue weighted by Gasteiger charge is -2.25. The van der Waals surface area contributed by atoms with Gasteiger partial charge in [-0.3, -0.25) is 4.99 Å². The third kappa shape index (κ3) is 10.8. The number of benzene rings is 1. The van der Waals surface area contributed by atoms with Crippen LogP contribution in [0.15, 0.2) is 38.6 Å². The van der Waals surface area contributed by atoms with Crippen LogP contribution in [0.5, 0.6) is 0 Å². The molecule has 1 aromatic carbocycles. The number of aliphatic imine (C=N–C) groups is 1. The number of hydrogen-bond acceptors (Lipinski definition) is 4. The maximum atomic E-state index is 11.1. The summed E-state index contributed by atoms with van der Waals surface area (Å²) in [6, 6.07) is 8.21. The lowest BCUT2D eigenvalue weighted by Crippen LogP contribution is -2.44. The van der Waals surface area contributed by atoms with Gasteiger partial charge in [-0.1, -0.05) is 15.9 Å². The van der Waals surface area contributed by atoms with Crippen molar-refractivity contribution in [1.29, 1.82) is 0 Å². The Hall–Kier alpha value is -0.000000000000000111. The molecule has 5 nitrogen and oxygen atoms in total. The molecule has 0 aromatic heterocycles. The summed E-state index contributed by atoms with van der Waals surface area (Å²) in [6.45, 7) is 5.35. The molecular weight excluding hydrogens is 525 g/mol. The molecule has 0 bridgehead atoms. The fraction of sp³-hybridized carbons (Fsp3) is 0.533. The highest BCUT2D eigenvalue weighted by Gasteiger charge is 2.20. The lowest BCUT2D eigenvalue weighted by molar-refractivity contribution is 0.600. The molecule has 0 saturated carbocycles. The molecule has 1 rings (SSSR count). The Labute approximate surface area is 174 Å². The molecule has 0 aliphatic carbocycles. The third-order valence-electron chi connectivity index (χ3n) is 2.88. The number of hydrogen-bond donors (Lipinski definition) is 2. The molecule has 0 atom stereocenters. The average Bonchev–Trinajstić information content (AvgIpc) is 2.43. The summed E-state index contributed by atoms with van der Waals surface area (Å²) < 4.78 is 23.3. The van der Waals surface area contributed by atoms with Gasteiger partial charge in [0.05, 0.1) is 5.75 Å². The molecule has 24 heavy (non-hydrogen) atoms. The van der Waals surface area contributed by atoms with E-state index >= 15 is 0 Å². The Morgan fingerprint density at radius 1 is 1.25 bits per heavy atom. The molecule has 0 radical (unpaired) electrons. The summed E-state index contributed by atoms with van der Waals surface area (Å²) in [5, 5.41) is 6.26. The van der Waals surface area contributed by atoms with Crippen LogP contribution in [0.4, 0.5) is 0 Å². The van der Waals surface area contributed by atoms with E-state index in [1.165, 1.54) is 11.2 Å². The van der Waals surface area contributed by atoms with Crippen LogP contribution in [0.25, 0.3) is 0 Å². The first kappa shape index (κ1) is 24.0. The SMILES string of the molecule is CN=C(NCCS(C)(=O)=O)NCC(C)(C)Sc1ccc(Br)cc1.I. The fourth-order valence-electron chi connectivity index (χ4n) is 1.73. The second-order valence-electron chi connectivity index (χ2n) is 5.80. The highest BCUT2D eigenvalue weighted by molar-refractivity contribution is 14.0. The van der Waals surface area contributed by atoms with Crippen LogP contribution < -0.4 is 10.6 Å². The summed E-state index contributed by atoms with van der Waals surface area (Å²) in [5.74, 6) is 0.697. The molecule has 0 aliphatic rings. The van der Waals surface area contributed by atoms with Crippen LogP contribution in [-0.4, -0.2) is 51.3 Å². The van der Waals surface area contributed by atoms with E-state index in [1.54, 1.807) is 18.8 Å². The molecule has 2 N–H and O–H groups in total. The molecule has 0 spiro atoms. The molecule has 138 valence electrons. The van der Waals surface area contributed by atoms with Gasteiger partial charge in [0.15, 0.2) is 5.96 Å². The highest BCUT2D eigenvalue weighted by atomic mass is 127. The number of thioether (sulfide) groups is 1. The number of guanidine groups is 1. The molecule has 0 aliphatic heterocycles. The average molecular weight is 550 g/mol. The van der Waals surface area contributed by atoms with E-state index in [-0.39, 0.29) is 34.5 Å². The minimum absolute atomic E-state index is 0. The van der Waals surface area contributed by atoms with Crippen molar-refractivity contribution in [2.75, 3.05) is 32.1 Å². The zero-order chi connectivity index (χ0) is 17.5. The van der Waals surface area contributed by atoms with Crippen molar-refractivity contribution >= 4 is 67.5 Å². The maximum absolute atomic E-state index is 11.1. The van der Waals surface area contributed by atoms with Crippen molar-refractivity contribution in [3.8, 4) is 0 Å². The van der Waals surface area contributed by atoms with E-state index in [0.29, 0.717) is 19.0 Å². The first-order chi connectivity index (χ1) is 10.6. The number of rotatable bonds is 7. The van der Waals surface area contributed by atoms with Gasteiger partial charge in [0.2, 0.25) is 0 Å². The van der Waals surface area contributed by atoms with Gasteiger partial charge >= 0.3 is 0 Å². The summed E-state index contributed by atoms with van der Waals surface area (Å²) >= 11 is 5.21. The van der Waals surface area contributed by atoms with E-state index in [1.807, 2.05) is 12.1 Å². The normalized spacial score (nSPS) is 12.5. The minimum atomic E-state index is -2.97. The lowest BCUT2D eigenvalue weighted by atomic mass is 10.2. The summed E-state index contributed by atoms with van der Waals surface area (Å²) in [4.78, 5) is 5.31. The standard InChI is InChI=1S/C15H24BrN3O2S2.HI/c1-15(2,22-13-7-5-12(16)6-8-13)11-19-14(17-3)18-9-10-23(4,20)21;/h5-8H,9-11H2,1-4H3,(H2,17,18,19);1H. The largest absolute Gasteiger partial charge is 0.355 e. The second-order valence-corrected chi connectivity index (χ2v) is 10.8. The third-order valence-corrected chi connectivity index (χ3v) is 5.56. The summed E-state index contributed by atoms with van der Waals surface area (Å²) in [7, 11) is -1.30. The van der Waals surface area contributed by atoms with Gasteiger partial charge in [-0.2, -0.15) is 0 Å². The fourth-order valence-corrected chi connectivity index (χ4v) is 3.52. The van der Waals surface area contributed by atoms with Gasteiger partial charge < -0.3 is 10.6 Å². The molecular formula is C15H25BrIN3O2S2. The second kappa shape index (κ2) is 10.9. The van der Waals surface area contributed by atoms with Crippen LogP contribution >= 0.6 is 51.7 Å². The topological polar surface area (TPSA) is 70.6 Å². The van der Waals surface area contributed by atoms with Crippen LogP contribution in [-0.2, 0) is 9.84 Å². The number of sulfone groups is 1. The Kier molecular flexibility index (Phi) is 10.9. The molecule has 0 unspecified atom stereocenters. The van der Waals surface area contributed by atoms with Crippen molar-refractivity contribution < 1.29 is 8.42 Å². The van der Waals surface area contributed by atoms with Gasteiger partial charge in [0, 0.05) is 40.5 Å². The zero-order valence-electron chi connectivity index (χ0n) is 14.3. The van der Waals surface area contributed by atoms with E-state index in [9.17, 15) is 8.42 Å². The molecule has 0 amide bonds. The number of nitrogens with one attached hydrogen (secondary N) is 2. The first-order valence-corrected chi connectivity index (χ1v) is 10.9. The summed E-state index contributed by atoms with van der Waals surface area (Å²) in [6.07, 6.45) is 1.23. The number of nitrogens with zero attached hydrogens (tertiary/aromatic N) is 1. The Bertz CT molecular complexity index is 635. The minimum Gasteiger partial charge on any atom is -0.355 e. The van der Waals surface area contributed by atoms with E-state index in [0.717, 1.165) is 4.47 Å². The highest BCUT2D eigenvalue weighted by Crippen LogP contribution is 2.32. The van der Waals surface area contributed by atoms with Gasteiger partial charge in [0.1, 0.15) is 9.84 Å². The van der Waals surface area contributed by atoms with Crippen LogP contribution in [0.1, 0.15) is 13.8 Å². The quantitative estimate of drug-likeness (QED) is 0.237. The number of halogens is 2. The maximum Gasteiger partial charge on any atom is 0.191 e. The smallest absolute Gasteiger partial charge is 0.191 e. The van der Waals surface area contributed by atoms with Crippen LogP contribution in [0.2, 0.25) is 0 Å². The molecule has 9 heteroatoms. The zero-order valence-corrected chi connectivity index (χ0v) is 19.8. The van der Waals surface area contributed by atoms with Gasteiger partial charge in [-0.15, -0.1) is 35.7 Å². The molecule has 0 heterocycles. The molecule has 1 aromatic rings. The van der Waals surface area contributed by atoms with Gasteiger partial charge in [-0.25, -0.2) is 8.42 Å². The summed E-state index contributed by atoms with van der Waals surface area (Å²) in [5.41, 5.74) is 0. The predicted molar refractivity (Wildman–Crippen MR) is 119 cm³/mol. The molecule has 0 fully saturated rings. The van der Waals surface area contributed by atoms with Crippen molar-refractivity contribution in [2.24, 2.45) is 4.99 Å². The van der Waals surface area contributed by atoms with Crippen LogP contribution in [0.3, 0.4) is 0 Å². The van der Waals surface area contributed by atoms with E-state index in [4.69, 9.17) is 0 Å². The van der Waals surface area contributed by atoms with Crippen LogP contribution in [0, 0.1) is 0 Å². The molecule has 0 saturated heterocycles. The van der Waals surface area contributed by atoms with Crippen molar-refractivity contribution in [2.45, 2.75) is 23.5 Å². The van der Waals surface area contributed by atoms with E-state index < -0.39 is 9.84 Å². The van der Waals surface area contributed by atoms with Gasteiger partial charge in [0.25, 0.3) is 0 Å². The van der Waals surface area contributed by atoms with Crippen molar-refractivity contribution in [3.63, 3.8) is 0 Å². The Morgan fingerprint density at radius 3 is 2.33 bits per heavy atom. The van der Waals surface area contributed by atoms with Crippen molar-refractivity contribution in [1.82, 2.24) is 10.6 Å². The first-order valence-electron chi connectivity index (χ1n) is 7.18. The Morgan fingerprint density at radius 2 is 1.83 bits per heavy atom. The van der Waals surface area contributed by atoms with E-state index in [2.05, 4.69) is 57.5 Å². The predicted octanol–water partition coefficient (Wildman–Crippen LogP) is 3.15. The van der Waals surface area contributed by atoms with Crippen molar-refractivity contribution in [3.05, 3.63) is 28.7 Å². The van der Waals surface area contributed by atoms with Gasteiger partial charge in [-0.05, 0) is 38.1 Å². The Balaban J connectivity index is 0.00000529. The monoisotopic (exact) mass is 549 g/mol.